The van der Waals surface area contributed by atoms with Crippen molar-refractivity contribution in [3.8, 4) is 0 Å². The SMILES string of the molecule is C[C@H](NC(=O)c1ccc(Br)c(F)c1)C(=O)O. The standard InChI is InChI=1S/C10H9BrFNO3/c1-5(10(15)16)13-9(14)6-2-3-7(11)8(12)4-6/h2-5H,1H3,(H,13,14)(H,15,16)/t5-/m0/s1. The molecule has 1 aromatic carbocycles. The second kappa shape index (κ2) is 5.07. The van der Waals surface area contributed by atoms with Gasteiger partial charge in [-0.2, -0.15) is 0 Å². The number of carbonyl (C=O) groups is 2. The molecule has 0 fully saturated rings. The molecule has 0 aliphatic heterocycles. The minimum atomic E-state index is -1.15. The third-order valence-corrected chi connectivity index (χ3v) is 2.54. The molecular weight excluding hydrogens is 281 g/mol. The van der Waals surface area contributed by atoms with Gasteiger partial charge in [0.05, 0.1) is 4.47 Å². The van der Waals surface area contributed by atoms with Crippen LogP contribution in [0.3, 0.4) is 0 Å². The van der Waals surface area contributed by atoms with Crippen LogP contribution < -0.4 is 5.32 Å². The summed E-state index contributed by atoms with van der Waals surface area (Å²) in [5, 5.41) is 10.8. The number of rotatable bonds is 3. The second-order valence-electron chi connectivity index (χ2n) is 3.16. The Bertz CT molecular complexity index is 436. The normalized spacial score (nSPS) is 11.9. The van der Waals surface area contributed by atoms with E-state index < -0.39 is 23.7 Å². The van der Waals surface area contributed by atoms with E-state index in [9.17, 15) is 14.0 Å². The first-order valence-electron chi connectivity index (χ1n) is 4.40. The Morgan fingerprint density at radius 3 is 2.62 bits per heavy atom. The summed E-state index contributed by atoms with van der Waals surface area (Å²) in [5.74, 6) is -2.34. The van der Waals surface area contributed by atoms with Crippen LogP contribution >= 0.6 is 15.9 Å². The molecular formula is C10H9BrFNO3. The lowest BCUT2D eigenvalue weighted by molar-refractivity contribution is -0.138. The minimum Gasteiger partial charge on any atom is -0.480 e. The molecule has 1 amide bonds. The van der Waals surface area contributed by atoms with Crippen molar-refractivity contribution in [2.75, 3.05) is 0 Å². The molecule has 16 heavy (non-hydrogen) atoms. The van der Waals surface area contributed by atoms with E-state index in [4.69, 9.17) is 5.11 Å². The van der Waals surface area contributed by atoms with Gasteiger partial charge >= 0.3 is 5.97 Å². The molecule has 0 unspecified atom stereocenters. The van der Waals surface area contributed by atoms with Crippen LogP contribution in [0.15, 0.2) is 22.7 Å². The van der Waals surface area contributed by atoms with E-state index in [0.29, 0.717) is 0 Å². The third-order valence-electron chi connectivity index (χ3n) is 1.90. The van der Waals surface area contributed by atoms with Crippen LogP contribution in [0, 0.1) is 5.82 Å². The zero-order chi connectivity index (χ0) is 12.3. The van der Waals surface area contributed by atoms with Gasteiger partial charge in [-0.15, -0.1) is 0 Å². The molecule has 86 valence electrons. The quantitative estimate of drug-likeness (QED) is 0.892. The van der Waals surface area contributed by atoms with Crippen LogP contribution in [0.1, 0.15) is 17.3 Å². The summed E-state index contributed by atoms with van der Waals surface area (Å²) >= 11 is 2.95. The number of nitrogens with one attached hydrogen (secondary N) is 1. The van der Waals surface area contributed by atoms with Crippen molar-refractivity contribution in [2.45, 2.75) is 13.0 Å². The molecule has 0 heterocycles. The fraction of sp³-hybridized carbons (Fsp3) is 0.200. The Labute approximate surface area is 99.6 Å². The van der Waals surface area contributed by atoms with Crippen LogP contribution in [-0.4, -0.2) is 23.0 Å². The van der Waals surface area contributed by atoms with Gasteiger partial charge in [-0.25, -0.2) is 4.39 Å². The van der Waals surface area contributed by atoms with Crippen molar-refractivity contribution in [1.82, 2.24) is 5.32 Å². The van der Waals surface area contributed by atoms with Crippen molar-refractivity contribution >= 4 is 27.8 Å². The van der Waals surface area contributed by atoms with Gasteiger partial charge in [0.1, 0.15) is 11.9 Å². The first-order chi connectivity index (χ1) is 7.41. The van der Waals surface area contributed by atoms with Crippen LogP contribution in [0.5, 0.6) is 0 Å². The van der Waals surface area contributed by atoms with Gasteiger partial charge in [0, 0.05) is 5.56 Å². The van der Waals surface area contributed by atoms with Gasteiger partial charge in [-0.05, 0) is 41.1 Å². The molecule has 4 nitrogen and oxygen atoms in total. The van der Waals surface area contributed by atoms with Crippen molar-refractivity contribution in [2.24, 2.45) is 0 Å². The van der Waals surface area contributed by atoms with E-state index in [1.165, 1.54) is 19.1 Å². The highest BCUT2D eigenvalue weighted by molar-refractivity contribution is 9.10. The molecule has 0 saturated heterocycles. The van der Waals surface area contributed by atoms with E-state index >= 15 is 0 Å². The number of aliphatic carboxylic acids is 1. The second-order valence-corrected chi connectivity index (χ2v) is 4.02. The summed E-state index contributed by atoms with van der Waals surface area (Å²) in [7, 11) is 0. The predicted molar refractivity (Wildman–Crippen MR) is 58.7 cm³/mol. The maximum absolute atomic E-state index is 13.1. The summed E-state index contributed by atoms with van der Waals surface area (Å²) in [4.78, 5) is 22.0. The molecule has 6 heteroatoms. The summed E-state index contributed by atoms with van der Waals surface area (Å²) in [6.45, 7) is 1.33. The van der Waals surface area contributed by atoms with Crippen molar-refractivity contribution < 1.29 is 19.1 Å². The Morgan fingerprint density at radius 2 is 2.12 bits per heavy atom. The van der Waals surface area contributed by atoms with Crippen LogP contribution in [0.25, 0.3) is 0 Å². The number of hydrogen-bond acceptors (Lipinski definition) is 2. The number of amides is 1. The van der Waals surface area contributed by atoms with Crippen molar-refractivity contribution in [3.63, 3.8) is 0 Å². The molecule has 0 radical (unpaired) electrons. The zero-order valence-electron chi connectivity index (χ0n) is 8.33. The largest absolute Gasteiger partial charge is 0.480 e. The van der Waals surface area contributed by atoms with Gasteiger partial charge in [0.2, 0.25) is 0 Å². The third kappa shape index (κ3) is 3.03. The smallest absolute Gasteiger partial charge is 0.325 e. The molecule has 1 rings (SSSR count). The van der Waals surface area contributed by atoms with Crippen LogP contribution in [0.4, 0.5) is 4.39 Å². The van der Waals surface area contributed by atoms with Gasteiger partial charge in [-0.1, -0.05) is 0 Å². The lowest BCUT2D eigenvalue weighted by Crippen LogP contribution is -2.38. The van der Waals surface area contributed by atoms with E-state index in [1.54, 1.807) is 0 Å². The summed E-state index contributed by atoms with van der Waals surface area (Å²) < 4.78 is 13.3. The minimum absolute atomic E-state index is 0.0776. The van der Waals surface area contributed by atoms with Crippen LogP contribution in [0.2, 0.25) is 0 Å². The number of carboxylic acids is 1. The van der Waals surface area contributed by atoms with Gasteiger partial charge in [-0.3, -0.25) is 9.59 Å². The molecule has 2 N–H and O–H groups in total. The molecule has 1 atom stereocenters. The summed E-state index contributed by atoms with van der Waals surface area (Å²) in [6.07, 6.45) is 0. The highest BCUT2D eigenvalue weighted by Gasteiger charge is 2.15. The Hall–Kier alpha value is -1.43. The molecule has 0 saturated carbocycles. The van der Waals surface area contributed by atoms with E-state index in [-0.39, 0.29) is 10.0 Å². The fourth-order valence-corrected chi connectivity index (χ4v) is 1.23. The van der Waals surface area contributed by atoms with Crippen LogP contribution in [-0.2, 0) is 4.79 Å². The predicted octanol–water partition coefficient (Wildman–Crippen LogP) is 1.79. The number of benzene rings is 1. The van der Waals surface area contributed by atoms with Gasteiger partial charge in [0.15, 0.2) is 0 Å². The molecule has 0 aliphatic carbocycles. The molecule has 0 bridgehead atoms. The highest BCUT2D eigenvalue weighted by Crippen LogP contribution is 2.16. The number of halogens is 2. The van der Waals surface area contributed by atoms with Gasteiger partial charge in [0.25, 0.3) is 5.91 Å². The molecule has 0 spiro atoms. The maximum Gasteiger partial charge on any atom is 0.325 e. The lowest BCUT2D eigenvalue weighted by atomic mass is 10.2. The Kier molecular flexibility index (Phi) is 4.00. The number of carbonyl (C=O) groups excluding carboxylic acids is 1. The Morgan fingerprint density at radius 1 is 1.50 bits per heavy atom. The monoisotopic (exact) mass is 289 g/mol. The fourth-order valence-electron chi connectivity index (χ4n) is 0.979. The topological polar surface area (TPSA) is 66.4 Å². The van der Waals surface area contributed by atoms with E-state index in [1.807, 2.05) is 0 Å². The first kappa shape index (κ1) is 12.6. The average Bonchev–Trinajstić information content (AvgIpc) is 2.21. The lowest BCUT2D eigenvalue weighted by Gasteiger charge is -2.09. The first-order valence-corrected chi connectivity index (χ1v) is 5.20. The van der Waals surface area contributed by atoms with E-state index in [0.717, 1.165) is 6.07 Å². The van der Waals surface area contributed by atoms with Crippen molar-refractivity contribution in [3.05, 3.63) is 34.1 Å². The summed E-state index contributed by atoms with van der Waals surface area (Å²) in [6, 6.07) is 2.81. The molecule has 1 aromatic rings. The Balaban J connectivity index is 2.81. The van der Waals surface area contributed by atoms with Gasteiger partial charge < -0.3 is 10.4 Å². The number of carboxylic acid groups (broad SMARTS) is 1. The van der Waals surface area contributed by atoms with Crippen molar-refractivity contribution in [1.29, 1.82) is 0 Å². The molecule has 0 aliphatic rings. The average molecular weight is 290 g/mol. The maximum atomic E-state index is 13.1. The highest BCUT2D eigenvalue weighted by atomic mass is 79.9. The zero-order valence-corrected chi connectivity index (χ0v) is 9.92. The number of hydrogen-bond donors (Lipinski definition) is 2. The van der Waals surface area contributed by atoms with E-state index in [2.05, 4.69) is 21.2 Å². The molecule has 0 aromatic heterocycles. The summed E-state index contributed by atoms with van der Waals surface area (Å²) in [5.41, 5.74) is 0.0776.